The molecule has 17 heavy (non-hydrogen) atoms. The Labute approximate surface area is 105 Å². The molecule has 0 aromatic heterocycles. The Hall–Kier alpha value is -0.570. The van der Waals surface area contributed by atoms with Gasteiger partial charge in [0.15, 0.2) is 0 Å². The summed E-state index contributed by atoms with van der Waals surface area (Å²) in [5, 5.41) is 6.56. The quantitative estimate of drug-likeness (QED) is 0.744. The van der Waals surface area contributed by atoms with Gasteiger partial charge in [-0.2, -0.15) is 0 Å². The summed E-state index contributed by atoms with van der Waals surface area (Å²) in [7, 11) is 0. The van der Waals surface area contributed by atoms with E-state index in [2.05, 4.69) is 17.6 Å². The van der Waals surface area contributed by atoms with Gasteiger partial charge in [0.1, 0.15) is 0 Å². The van der Waals surface area contributed by atoms with E-state index in [0.29, 0.717) is 18.4 Å². The predicted octanol–water partition coefficient (Wildman–Crippen LogP) is 2.07. The van der Waals surface area contributed by atoms with Crippen LogP contribution in [0.15, 0.2) is 0 Å². The maximum absolute atomic E-state index is 11.7. The number of amides is 1. The molecule has 0 aromatic rings. The van der Waals surface area contributed by atoms with Crippen LogP contribution in [-0.2, 0) is 4.79 Å². The van der Waals surface area contributed by atoms with E-state index in [9.17, 15) is 4.79 Å². The Bertz CT molecular complexity index is 245. The van der Waals surface area contributed by atoms with Gasteiger partial charge in [0, 0.05) is 19.0 Å². The molecule has 98 valence electrons. The molecule has 0 bridgehead atoms. The second kappa shape index (κ2) is 6.39. The van der Waals surface area contributed by atoms with E-state index in [1.165, 1.54) is 32.1 Å². The minimum Gasteiger partial charge on any atom is -0.356 e. The SMILES string of the molecule is CC(CNC(=O)CCC1CCCCN1)C1CC1. The first kappa shape index (κ1) is 12.9. The summed E-state index contributed by atoms with van der Waals surface area (Å²) in [6, 6.07) is 0.579. The largest absolute Gasteiger partial charge is 0.356 e. The van der Waals surface area contributed by atoms with E-state index in [4.69, 9.17) is 0 Å². The fourth-order valence-corrected chi connectivity index (χ4v) is 2.67. The summed E-state index contributed by atoms with van der Waals surface area (Å²) in [6.45, 7) is 4.26. The molecule has 2 aliphatic rings. The van der Waals surface area contributed by atoms with Crippen LogP contribution in [0.2, 0.25) is 0 Å². The molecule has 2 unspecified atom stereocenters. The Morgan fingerprint density at radius 3 is 2.82 bits per heavy atom. The Morgan fingerprint density at radius 1 is 1.35 bits per heavy atom. The number of hydrogen-bond acceptors (Lipinski definition) is 2. The highest BCUT2D eigenvalue weighted by Crippen LogP contribution is 2.36. The van der Waals surface area contributed by atoms with E-state index in [-0.39, 0.29) is 5.91 Å². The summed E-state index contributed by atoms with van der Waals surface area (Å²) in [4.78, 5) is 11.7. The van der Waals surface area contributed by atoms with Crippen molar-refractivity contribution in [1.82, 2.24) is 10.6 Å². The molecule has 3 nitrogen and oxygen atoms in total. The lowest BCUT2D eigenvalue weighted by Gasteiger charge is -2.23. The fraction of sp³-hybridized carbons (Fsp3) is 0.929. The summed E-state index contributed by atoms with van der Waals surface area (Å²) >= 11 is 0. The maximum Gasteiger partial charge on any atom is 0.220 e. The summed E-state index contributed by atoms with van der Waals surface area (Å²) in [5.74, 6) is 1.80. The molecule has 1 amide bonds. The summed E-state index contributed by atoms with van der Waals surface area (Å²) in [5.41, 5.74) is 0. The van der Waals surface area contributed by atoms with E-state index < -0.39 is 0 Å². The number of nitrogens with one attached hydrogen (secondary N) is 2. The number of rotatable bonds is 6. The number of carbonyl (C=O) groups is 1. The minimum atomic E-state index is 0.241. The third-order valence-corrected chi connectivity index (χ3v) is 4.18. The average Bonchev–Trinajstić information content (AvgIpc) is 3.19. The Kier molecular flexibility index (Phi) is 4.84. The van der Waals surface area contributed by atoms with Gasteiger partial charge >= 0.3 is 0 Å². The minimum absolute atomic E-state index is 0.241. The smallest absolute Gasteiger partial charge is 0.220 e. The molecule has 1 aliphatic heterocycles. The third kappa shape index (κ3) is 4.66. The van der Waals surface area contributed by atoms with Crippen LogP contribution < -0.4 is 10.6 Å². The van der Waals surface area contributed by atoms with Crippen molar-refractivity contribution in [3.8, 4) is 0 Å². The number of carbonyl (C=O) groups excluding carboxylic acids is 1. The van der Waals surface area contributed by atoms with Crippen molar-refractivity contribution in [3.05, 3.63) is 0 Å². The van der Waals surface area contributed by atoms with Crippen LogP contribution >= 0.6 is 0 Å². The molecule has 3 heteroatoms. The molecular formula is C14H26N2O. The molecule has 2 fully saturated rings. The lowest BCUT2D eigenvalue weighted by molar-refractivity contribution is -0.121. The van der Waals surface area contributed by atoms with Crippen molar-refractivity contribution >= 4 is 5.91 Å². The van der Waals surface area contributed by atoms with E-state index >= 15 is 0 Å². The van der Waals surface area contributed by atoms with Gasteiger partial charge in [-0.25, -0.2) is 0 Å². The van der Waals surface area contributed by atoms with Crippen LogP contribution in [0.25, 0.3) is 0 Å². The normalized spacial score (nSPS) is 26.5. The van der Waals surface area contributed by atoms with Gasteiger partial charge < -0.3 is 10.6 Å². The second-order valence-corrected chi connectivity index (χ2v) is 5.80. The van der Waals surface area contributed by atoms with Crippen LogP contribution in [0.3, 0.4) is 0 Å². The van der Waals surface area contributed by atoms with Crippen LogP contribution in [0, 0.1) is 11.8 Å². The van der Waals surface area contributed by atoms with Crippen molar-refractivity contribution < 1.29 is 4.79 Å². The first-order valence-electron chi connectivity index (χ1n) is 7.26. The molecule has 1 saturated carbocycles. The van der Waals surface area contributed by atoms with Gasteiger partial charge in [-0.15, -0.1) is 0 Å². The standard InChI is InChI=1S/C14H26N2O/c1-11(12-5-6-12)10-16-14(17)8-7-13-4-2-3-9-15-13/h11-13,15H,2-10H2,1H3,(H,16,17). The first-order chi connectivity index (χ1) is 8.25. The molecule has 0 aromatic carbocycles. The van der Waals surface area contributed by atoms with E-state index in [1.54, 1.807) is 0 Å². The van der Waals surface area contributed by atoms with Crippen LogP contribution in [0.1, 0.15) is 51.9 Å². The highest BCUT2D eigenvalue weighted by Gasteiger charge is 2.27. The van der Waals surface area contributed by atoms with Crippen LogP contribution in [0.4, 0.5) is 0 Å². The maximum atomic E-state index is 11.7. The highest BCUT2D eigenvalue weighted by atomic mass is 16.1. The van der Waals surface area contributed by atoms with Gasteiger partial charge in [0.2, 0.25) is 5.91 Å². The number of hydrogen-bond donors (Lipinski definition) is 2. The molecule has 0 radical (unpaired) electrons. The number of piperidine rings is 1. The van der Waals surface area contributed by atoms with Crippen LogP contribution in [0.5, 0.6) is 0 Å². The van der Waals surface area contributed by atoms with Gasteiger partial charge in [0.05, 0.1) is 0 Å². The van der Waals surface area contributed by atoms with E-state index in [0.717, 1.165) is 25.4 Å². The first-order valence-corrected chi connectivity index (χ1v) is 7.26. The van der Waals surface area contributed by atoms with Crippen molar-refractivity contribution in [2.24, 2.45) is 11.8 Å². The van der Waals surface area contributed by atoms with Crippen molar-refractivity contribution in [1.29, 1.82) is 0 Å². The molecular weight excluding hydrogens is 212 g/mol. The zero-order chi connectivity index (χ0) is 12.1. The van der Waals surface area contributed by atoms with Crippen LogP contribution in [-0.4, -0.2) is 25.0 Å². The molecule has 1 saturated heterocycles. The van der Waals surface area contributed by atoms with Gasteiger partial charge in [-0.1, -0.05) is 13.3 Å². The lowest BCUT2D eigenvalue weighted by atomic mass is 10.0. The van der Waals surface area contributed by atoms with Crippen molar-refractivity contribution in [2.45, 2.75) is 57.9 Å². The topological polar surface area (TPSA) is 41.1 Å². The van der Waals surface area contributed by atoms with Gasteiger partial charge in [-0.05, 0) is 50.5 Å². The highest BCUT2D eigenvalue weighted by molar-refractivity contribution is 5.75. The molecule has 1 heterocycles. The predicted molar refractivity (Wildman–Crippen MR) is 69.8 cm³/mol. The average molecular weight is 238 g/mol. The second-order valence-electron chi connectivity index (χ2n) is 5.80. The summed E-state index contributed by atoms with van der Waals surface area (Å²) in [6.07, 6.45) is 8.27. The lowest BCUT2D eigenvalue weighted by Crippen LogP contribution is -2.36. The molecule has 2 rings (SSSR count). The summed E-state index contributed by atoms with van der Waals surface area (Å²) < 4.78 is 0. The molecule has 2 N–H and O–H groups in total. The Balaban J connectivity index is 1.53. The Morgan fingerprint density at radius 2 is 2.18 bits per heavy atom. The third-order valence-electron chi connectivity index (χ3n) is 4.18. The monoisotopic (exact) mass is 238 g/mol. The van der Waals surface area contributed by atoms with E-state index in [1.807, 2.05) is 0 Å². The zero-order valence-corrected chi connectivity index (χ0v) is 11.0. The zero-order valence-electron chi connectivity index (χ0n) is 11.0. The molecule has 2 atom stereocenters. The van der Waals surface area contributed by atoms with Gasteiger partial charge in [-0.3, -0.25) is 4.79 Å². The van der Waals surface area contributed by atoms with Gasteiger partial charge in [0.25, 0.3) is 0 Å². The van der Waals surface area contributed by atoms with Crippen molar-refractivity contribution in [2.75, 3.05) is 13.1 Å². The van der Waals surface area contributed by atoms with Crippen molar-refractivity contribution in [3.63, 3.8) is 0 Å². The molecule has 0 spiro atoms. The fourth-order valence-electron chi connectivity index (χ4n) is 2.67. The molecule has 1 aliphatic carbocycles.